The van der Waals surface area contributed by atoms with E-state index in [0.29, 0.717) is 13.1 Å². The van der Waals surface area contributed by atoms with Crippen molar-refractivity contribution >= 4 is 21.8 Å². The second kappa shape index (κ2) is 5.71. The van der Waals surface area contributed by atoms with E-state index in [-0.39, 0.29) is 11.8 Å². The molecule has 1 atom stereocenters. The molecule has 6 heteroatoms. The van der Waals surface area contributed by atoms with E-state index in [0.717, 1.165) is 30.9 Å². The molecule has 2 aliphatic rings. The number of hydrogen-bond donors (Lipinski definition) is 1. The summed E-state index contributed by atoms with van der Waals surface area (Å²) in [4.78, 5) is 0. The maximum Gasteiger partial charge on any atom is 0.215 e. The lowest BCUT2D eigenvalue weighted by Gasteiger charge is -2.29. The van der Waals surface area contributed by atoms with Crippen LogP contribution in [0.1, 0.15) is 19.3 Å². The van der Waals surface area contributed by atoms with Crippen molar-refractivity contribution < 1.29 is 8.42 Å². The molecule has 0 bridgehead atoms. The van der Waals surface area contributed by atoms with E-state index in [2.05, 4.69) is 5.32 Å². The molecular weight excluding hydrogens is 244 g/mol. The van der Waals surface area contributed by atoms with Gasteiger partial charge in [0.15, 0.2) is 0 Å². The van der Waals surface area contributed by atoms with Crippen LogP contribution in [0.5, 0.6) is 0 Å². The molecule has 1 unspecified atom stereocenters. The summed E-state index contributed by atoms with van der Waals surface area (Å²) in [5, 5.41) is 3.30. The number of rotatable bonds is 3. The zero-order valence-electron chi connectivity index (χ0n) is 9.52. The van der Waals surface area contributed by atoms with Crippen LogP contribution in [0.3, 0.4) is 0 Å². The third-order valence-electron chi connectivity index (χ3n) is 3.19. The Bertz CT molecular complexity index is 307. The van der Waals surface area contributed by atoms with Gasteiger partial charge in [-0.25, -0.2) is 12.7 Å². The van der Waals surface area contributed by atoms with Crippen molar-refractivity contribution in [2.24, 2.45) is 0 Å². The van der Waals surface area contributed by atoms with Crippen LogP contribution in [0, 0.1) is 0 Å². The Hall–Kier alpha value is 0.220. The summed E-state index contributed by atoms with van der Waals surface area (Å²) in [6, 6.07) is 0.174. The monoisotopic (exact) mass is 264 g/mol. The maximum atomic E-state index is 12.1. The van der Waals surface area contributed by atoms with Crippen LogP contribution in [0.2, 0.25) is 0 Å². The Labute approximate surface area is 102 Å². The SMILES string of the molecule is O=S(=O)(CC1CCCCN1)N1CCSCC1. The van der Waals surface area contributed by atoms with Crippen LogP contribution in [-0.2, 0) is 10.0 Å². The number of sulfonamides is 1. The van der Waals surface area contributed by atoms with Gasteiger partial charge in [-0.05, 0) is 19.4 Å². The molecule has 0 spiro atoms. The van der Waals surface area contributed by atoms with E-state index in [9.17, 15) is 8.42 Å². The van der Waals surface area contributed by atoms with E-state index in [1.807, 2.05) is 11.8 Å². The van der Waals surface area contributed by atoms with Gasteiger partial charge in [0, 0.05) is 30.6 Å². The van der Waals surface area contributed by atoms with Crippen LogP contribution in [0.4, 0.5) is 0 Å². The normalized spacial score (nSPS) is 29.1. The molecule has 4 nitrogen and oxygen atoms in total. The molecule has 2 rings (SSSR count). The van der Waals surface area contributed by atoms with Crippen molar-refractivity contribution in [1.82, 2.24) is 9.62 Å². The molecule has 0 aromatic carbocycles. The van der Waals surface area contributed by atoms with E-state index in [1.54, 1.807) is 4.31 Å². The Morgan fingerprint density at radius 2 is 2.00 bits per heavy atom. The minimum absolute atomic E-state index is 0.174. The summed E-state index contributed by atoms with van der Waals surface area (Å²) in [6.45, 7) is 2.36. The second-order valence-electron chi connectivity index (χ2n) is 4.44. The molecule has 1 N–H and O–H groups in total. The minimum atomic E-state index is -3.03. The number of hydrogen-bond acceptors (Lipinski definition) is 4. The number of nitrogens with one attached hydrogen (secondary N) is 1. The van der Waals surface area contributed by atoms with Crippen LogP contribution < -0.4 is 5.32 Å². The van der Waals surface area contributed by atoms with Crippen molar-refractivity contribution in [1.29, 1.82) is 0 Å². The molecule has 2 aliphatic heterocycles. The third kappa shape index (κ3) is 3.35. The quantitative estimate of drug-likeness (QED) is 0.807. The molecule has 0 saturated carbocycles. The summed E-state index contributed by atoms with van der Waals surface area (Å²) in [5.41, 5.74) is 0. The first kappa shape index (κ1) is 12.7. The standard InChI is InChI=1S/C10H20N2O2S2/c13-16(14,12-5-7-15-8-6-12)9-10-3-1-2-4-11-10/h10-11H,1-9H2. The van der Waals surface area contributed by atoms with Gasteiger partial charge in [-0.2, -0.15) is 11.8 Å². The Morgan fingerprint density at radius 3 is 2.62 bits per heavy atom. The Kier molecular flexibility index (Phi) is 4.52. The van der Waals surface area contributed by atoms with Crippen LogP contribution in [0.25, 0.3) is 0 Å². The molecule has 16 heavy (non-hydrogen) atoms. The van der Waals surface area contributed by atoms with Gasteiger partial charge in [0.05, 0.1) is 5.75 Å². The third-order valence-corrected chi connectivity index (χ3v) is 6.11. The Balaban J connectivity index is 1.90. The fraction of sp³-hybridized carbons (Fsp3) is 1.00. The molecule has 0 radical (unpaired) electrons. The van der Waals surface area contributed by atoms with Gasteiger partial charge in [-0.1, -0.05) is 6.42 Å². The molecule has 2 fully saturated rings. The summed E-state index contributed by atoms with van der Waals surface area (Å²) < 4.78 is 25.9. The molecule has 0 aromatic rings. The van der Waals surface area contributed by atoms with Crippen molar-refractivity contribution in [2.45, 2.75) is 25.3 Å². The van der Waals surface area contributed by atoms with E-state index < -0.39 is 10.0 Å². The molecule has 94 valence electrons. The fourth-order valence-electron chi connectivity index (χ4n) is 2.25. The second-order valence-corrected chi connectivity index (χ2v) is 7.68. The lowest BCUT2D eigenvalue weighted by molar-refractivity contribution is 0.402. The first-order valence-corrected chi connectivity index (χ1v) is 8.74. The summed E-state index contributed by atoms with van der Waals surface area (Å²) in [5.74, 6) is 2.17. The Morgan fingerprint density at radius 1 is 1.25 bits per heavy atom. The zero-order valence-corrected chi connectivity index (χ0v) is 11.2. The van der Waals surface area contributed by atoms with E-state index in [4.69, 9.17) is 0 Å². The average molecular weight is 264 g/mol. The predicted molar refractivity (Wildman–Crippen MR) is 68.3 cm³/mol. The highest BCUT2D eigenvalue weighted by Crippen LogP contribution is 2.16. The molecule has 2 saturated heterocycles. The zero-order chi connectivity index (χ0) is 11.4. The van der Waals surface area contributed by atoms with Crippen LogP contribution in [0.15, 0.2) is 0 Å². The van der Waals surface area contributed by atoms with E-state index >= 15 is 0 Å². The molecule has 2 heterocycles. The van der Waals surface area contributed by atoms with E-state index in [1.165, 1.54) is 6.42 Å². The van der Waals surface area contributed by atoms with Crippen molar-refractivity contribution in [3.63, 3.8) is 0 Å². The van der Waals surface area contributed by atoms with Crippen molar-refractivity contribution in [3.05, 3.63) is 0 Å². The number of thioether (sulfide) groups is 1. The summed E-state index contributed by atoms with van der Waals surface area (Å²) >= 11 is 1.84. The van der Waals surface area contributed by atoms with Gasteiger partial charge in [0.25, 0.3) is 0 Å². The lowest BCUT2D eigenvalue weighted by Crippen LogP contribution is -2.46. The van der Waals surface area contributed by atoms with Crippen molar-refractivity contribution in [3.8, 4) is 0 Å². The first-order chi connectivity index (χ1) is 7.68. The summed E-state index contributed by atoms with van der Waals surface area (Å²) in [6.07, 6.45) is 3.34. The smallest absolute Gasteiger partial charge is 0.215 e. The highest BCUT2D eigenvalue weighted by atomic mass is 32.2. The predicted octanol–water partition coefficient (Wildman–Crippen LogP) is 0.507. The average Bonchev–Trinajstić information content (AvgIpc) is 2.31. The topological polar surface area (TPSA) is 49.4 Å². The maximum absolute atomic E-state index is 12.1. The van der Waals surface area contributed by atoms with Gasteiger partial charge in [0.1, 0.15) is 0 Å². The van der Waals surface area contributed by atoms with Gasteiger partial charge >= 0.3 is 0 Å². The molecule has 0 amide bonds. The molecule has 0 aromatic heterocycles. The van der Waals surface area contributed by atoms with Gasteiger partial charge in [0.2, 0.25) is 10.0 Å². The molecule has 0 aliphatic carbocycles. The summed E-state index contributed by atoms with van der Waals surface area (Å²) in [7, 11) is -3.03. The number of piperidine rings is 1. The largest absolute Gasteiger partial charge is 0.313 e. The minimum Gasteiger partial charge on any atom is -0.313 e. The van der Waals surface area contributed by atoms with Crippen LogP contribution in [-0.4, -0.2) is 55.7 Å². The number of nitrogens with zero attached hydrogens (tertiary/aromatic N) is 1. The van der Waals surface area contributed by atoms with Crippen molar-refractivity contribution in [2.75, 3.05) is 36.9 Å². The highest BCUT2D eigenvalue weighted by molar-refractivity contribution is 7.99. The lowest BCUT2D eigenvalue weighted by atomic mass is 10.1. The fourth-order valence-corrected chi connectivity index (χ4v) is 5.13. The van der Waals surface area contributed by atoms with Gasteiger partial charge in [-0.15, -0.1) is 0 Å². The first-order valence-electron chi connectivity index (χ1n) is 5.97. The van der Waals surface area contributed by atoms with Crippen LogP contribution >= 0.6 is 11.8 Å². The highest BCUT2D eigenvalue weighted by Gasteiger charge is 2.27. The van der Waals surface area contributed by atoms with Gasteiger partial charge < -0.3 is 5.32 Å². The van der Waals surface area contributed by atoms with Gasteiger partial charge in [-0.3, -0.25) is 0 Å². The molecular formula is C10H20N2O2S2.